The second kappa shape index (κ2) is 12.0. The fourth-order valence-electron chi connectivity index (χ4n) is 9.10. The monoisotopic (exact) mass is 734 g/mol. The quantitative estimate of drug-likeness (QED) is 0.160. The molecule has 10 aromatic carbocycles. The Morgan fingerprint density at radius 1 is 0.429 bits per heavy atom. The summed E-state index contributed by atoms with van der Waals surface area (Å²) in [5.41, 5.74) is 8.90. The summed E-state index contributed by atoms with van der Waals surface area (Å²) in [6, 6.07) is 66.4. The predicted octanol–water partition coefficient (Wildman–Crippen LogP) is 15.3. The van der Waals surface area contributed by atoms with E-state index in [1.807, 2.05) is 12.1 Å². The van der Waals surface area contributed by atoms with Crippen LogP contribution in [0, 0.1) is 5.82 Å². The van der Waals surface area contributed by atoms with Crippen LogP contribution in [-0.2, 0) is 0 Å². The zero-order valence-corrected chi connectivity index (χ0v) is 30.9. The number of fused-ring (bicyclic) bond motifs is 7. The van der Waals surface area contributed by atoms with Crippen LogP contribution in [-0.4, -0.2) is 4.57 Å². The van der Waals surface area contributed by atoms with Gasteiger partial charge in [-0.3, -0.25) is 0 Å². The van der Waals surface area contributed by atoms with Crippen molar-refractivity contribution in [3.8, 4) is 16.8 Å². The first-order chi connectivity index (χ1) is 27.7. The van der Waals surface area contributed by atoms with Gasteiger partial charge in [0.05, 0.1) is 11.0 Å². The number of nitrogens with zero attached hydrogens (tertiary/aromatic N) is 2. The van der Waals surface area contributed by atoms with Gasteiger partial charge >= 0.3 is 0 Å². The van der Waals surface area contributed by atoms with Gasteiger partial charge in [-0.05, 0) is 117 Å². The minimum atomic E-state index is -0.250. The van der Waals surface area contributed by atoms with E-state index in [1.54, 1.807) is 11.3 Å². The molecule has 12 rings (SSSR count). The molecule has 2 nitrogen and oxygen atoms in total. The molecule has 262 valence electrons. The maximum absolute atomic E-state index is 14.2. The Hall–Kier alpha value is -7.01. The molecular formula is C52H31FN2S. The Labute approximate surface area is 325 Å². The highest BCUT2D eigenvalue weighted by Gasteiger charge is 2.20. The molecule has 0 saturated carbocycles. The number of aromatic nitrogens is 1. The van der Waals surface area contributed by atoms with Crippen molar-refractivity contribution in [1.82, 2.24) is 4.57 Å². The highest BCUT2D eigenvalue weighted by atomic mass is 32.1. The summed E-state index contributed by atoms with van der Waals surface area (Å²) in [6.45, 7) is 0. The molecule has 0 bridgehead atoms. The maximum Gasteiger partial charge on any atom is 0.123 e. The van der Waals surface area contributed by atoms with Crippen LogP contribution in [0.15, 0.2) is 188 Å². The fraction of sp³-hybridized carbons (Fsp3) is 0. The minimum Gasteiger partial charge on any atom is -0.310 e. The molecule has 0 N–H and O–H groups in total. The van der Waals surface area contributed by atoms with Crippen molar-refractivity contribution in [2.45, 2.75) is 0 Å². The maximum atomic E-state index is 14.2. The summed E-state index contributed by atoms with van der Waals surface area (Å²) in [6.07, 6.45) is 0. The van der Waals surface area contributed by atoms with Crippen LogP contribution in [0.2, 0.25) is 0 Å². The summed E-state index contributed by atoms with van der Waals surface area (Å²) in [5.74, 6) is -0.250. The lowest BCUT2D eigenvalue weighted by Gasteiger charge is -2.26. The molecule has 0 radical (unpaired) electrons. The van der Waals surface area contributed by atoms with Crippen molar-refractivity contribution >= 4 is 103 Å². The second-order valence-corrected chi connectivity index (χ2v) is 15.7. The van der Waals surface area contributed by atoms with E-state index in [2.05, 4.69) is 173 Å². The van der Waals surface area contributed by atoms with Crippen molar-refractivity contribution in [1.29, 1.82) is 0 Å². The first-order valence-electron chi connectivity index (χ1n) is 18.9. The van der Waals surface area contributed by atoms with Crippen molar-refractivity contribution in [3.05, 3.63) is 194 Å². The topological polar surface area (TPSA) is 8.17 Å². The van der Waals surface area contributed by atoms with Gasteiger partial charge in [0.25, 0.3) is 0 Å². The van der Waals surface area contributed by atoms with Gasteiger partial charge in [-0.2, -0.15) is 0 Å². The number of hydrogen-bond donors (Lipinski definition) is 0. The number of rotatable bonds is 5. The van der Waals surface area contributed by atoms with Crippen LogP contribution in [0.5, 0.6) is 0 Å². The lowest BCUT2D eigenvalue weighted by molar-refractivity contribution is 0.628. The second-order valence-electron chi connectivity index (χ2n) is 14.6. The van der Waals surface area contributed by atoms with Crippen LogP contribution in [0.1, 0.15) is 0 Å². The fourth-order valence-corrected chi connectivity index (χ4v) is 10.2. The SMILES string of the molecule is Fc1ccc(N(c2ccc(-c3ccc4ccc5cc6c7ccccc7n(-c7ccccc7)c6c6ccc3c4c56)cc2)c2ccc3c(c2)sc2ccccc23)cc1. The highest BCUT2D eigenvalue weighted by molar-refractivity contribution is 7.25. The number of hydrogen-bond acceptors (Lipinski definition) is 2. The van der Waals surface area contributed by atoms with Gasteiger partial charge in [0.15, 0.2) is 0 Å². The normalized spacial score (nSPS) is 12.0. The van der Waals surface area contributed by atoms with Crippen molar-refractivity contribution < 1.29 is 4.39 Å². The summed E-state index contributed by atoms with van der Waals surface area (Å²) in [7, 11) is 0. The zero-order chi connectivity index (χ0) is 36.9. The van der Waals surface area contributed by atoms with E-state index in [1.165, 1.54) is 92.0 Å². The Balaban J connectivity index is 1.03. The standard InChI is InChI=1S/C52H31FN2S/c53-35-19-23-38(24-20-35)54(39-25-27-43-42-11-5-7-13-48(42)56-49(43)31-39)37-21-16-32(17-22-37)40-26-18-33-14-15-34-30-46-41-10-4-6-12-47(41)55(36-8-2-1-3-9-36)52(46)45-29-28-44(40)50(33)51(34)45/h1-31H. The molecule has 0 fully saturated rings. The van der Waals surface area contributed by atoms with E-state index in [9.17, 15) is 4.39 Å². The molecule has 0 spiro atoms. The van der Waals surface area contributed by atoms with Gasteiger partial charge in [0, 0.05) is 59.1 Å². The highest BCUT2D eigenvalue weighted by Crippen LogP contribution is 2.46. The molecule has 0 unspecified atom stereocenters. The smallest absolute Gasteiger partial charge is 0.123 e. The Kier molecular flexibility index (Phi) is 6.72. The number of para-hydroxylation sites is 2. The van der Waals surface area contributed by atoms with E-state index in [0.29, 0.717) is 0 Å². The van der Waals surface area contributed by atoms with E-state index < -0.39 is 0 Å². The average Bonchev–Trinajstić information content (AvgIpc) is 3.79. The number of thiophene rings is 1. The molecule has 0 amide bonds. The van der Waals surface area contributed by atoms with Crippen LogP contribution in [0.4, 0.5) is 21.5 Å². The number of benzene rings is 10. The summed E-state index contributed by atoms with van der Waals surface area (Å²) < 4.78 is 19.1. The van der Waals surface area contributed by atoms with Crippen molar-refractivity contribution in [2.75, 3.05) is 4.90 Å². The molecule has 56 heavy (non-hydrogen) atoms. The molecule has 2 heterocycles. The molecule has 0 aliphatic rings. The third-order valence-corrected chi connectivity index (χ3v) is 12.7. The Morgan fingerprint density at radius 2 is 1.05 bits per heavy atom. The Bertz CT molecular complexity index is 3470. The number of halogens is 1. The van der Waals surface area contributed by atoms with Crippen LogP contribution < -0.4 is 4.90 Å². The molecule has 4 heteroatoms. The lowest BCUT2D eigenvalue weighted by Crippen LogP contribution is -2.09. The largest absolute Gasteiger partial charge is 0.310 e. The molecule has 2 aromatic heterocycles. The van der Waals surface area contributed by atoms with Crippen molar-refractivity contribution in [3.63, 3.8) is 0 Å². The van der Waals surface area contributed by atoms with Crippen LogP contribution in [0.25, 0.3) is 91.1 Å². The van der Waals surface area contributed by atoms with Crippen LogP contribution in [0.3, 0.4) is 0 Å². The Morgan fingerprint density at radius 3 is 1.89 bits per heavy atom. The molecule has 0 aliphatic heterocycles. The first-order valence-corrected chi connectivity index (χ1v) is 19.8. The molecule has 0 aliphatic carbocycles. The molecule has 0 atom stereocenters. The summed E-state index contributed by atoms with van der Waals surface area (Å²) in [5, 5.41) is 12.6. The van der Waals surface area contributed by atoms with Gasteiger partial charge in [-0.25, -0.2) is 4.39 Å². The van der Waals surface area contributed by atoms with Gasteiger partial charge in [-0.1, -0.05) is 109 Å². The van der Waals surface area contributed by atoms with Crippen molar-refractivity contribution in [2.24, 2.45) is 0 Å². The minimum absolute atomic E-state index is 0.250. The molecular weight excluding hydrogens is 704 g/mol. The van der Waals surface area contributed by atoms with Crippen LogP contribution >= 0.6 is 11.3 Å². The molecule has 0 saturated heterocycles. The van der Waals surface area contributed by atoms with Gasteiger partial charge in [0.1, 0.15) is 5.82 Å². The van der Waals surface area contributed by atoms with E-state index in [4.69, 9.17) is 0 Å². The molecule has 12 aromatic rings. The third-order valence-electron chi connectivity index (χ3n) is 11.6. The van der Waals surface area contributed by atoms with Gasteiger partial charge < -0.3 is 9.47 Å². The summed E-state index contributed by atoms with van der Waals surface area (Å²) >= 11 is 1.80. The average molecular weight is 735 g/mol. The first kappa shape index (κ1) is 31.4. The van der Waals surface area contributed by atoms with E-state index in [-0.39, 0.29) is 5.82 Å². The number of anilines is 3. The van der Waals surface area contributed by atoms with E-state index in [0.717, 1.165) is 28.3 Å². The predicted molar refractivity (Wildman–Crippen MR) is 237 cm³/mol. The van der Waals surface area contributed by atoms with Gasteiger partial charge in [0.2, 0.25) is 0 Å². The zero-order valence-electron chi connectivity index (χ0n) is 30.1. The lowest BCUT2D eigenvalue weighted by atomic mass is 9.89. The van der Waals surface area contributed by atoms with E-state index >= 15 is 0 Å². The third kappa shape index (κ3) is 4.60. The summed E-state index contributed by atoms with van der Waals surface area (Å²) in [4.78, 5) is 2.22. The van der Waals surface area contributed by atoms with Gasteiger partial charge in [-0.15, -0.1) is 11.3 Å².